The summed E-state index contributed by atoms with van der Waals surface area (Å²) in [5.74, 6) is -0.0712. The smallest absolute Gasteiger partial charge is 0.292 e. The number of nitrogens with one attached hydrogen (secondary N) is 1. The molecule has 1 aliphatic rings. The van der Waals surface area contributed by atoms with Crippen LogP contribution in [0.15, 0.2) is 24.3 Å². The molecule has 1 amide bonds. The predicted octanol–water partition coefficient (Wildman–Crippen LogP) is 2.01. The van der Waals surface area contributed by atoms with Gasteiger partial charge in [-0.25, -0.2) is 0 Å². The van der Waals surface area contributed by atoms with Crippen LogP contribution in [0.25, 0.3) is 0 Å². The minimum absolute atomic E-state index is 0. The van der Waals surface area contributed by atoms with Gasteiger partial charge in [-0.3, -0.25) is 14.9 Å². The van der Waals surface area contributed by atoms with E-state index in [1.165, 1.54) is 6.07 Å². The van der Waals surface area contributed by atoms with E-state index in [1.807, 2.05) is 13.8 Å². The lowest BCUT2D eigenvalue weighted by molar-refractivity contribution is -0.383. The van der Waals surface area contributed by atoms with Gasteiger partial charge < -0.3 is 16.0 Å². The van der Waals surface area contributed by atoms with Crippen molar-refractivity contribution in [3.05, 3.63) is 34.4 Å². The molecular weight excluding hydrogens is 320 g/mol. The minimum Gasteiger partial charge on any atom is -0.371 e. The number of nitrogens with zero attached hydrogens (tertiary/aromatic N) is 2. The van der Waals surface area contributed by atoms with E-state index in [2.05, 4.69) is 5.32 Å². The predicted molar refractivity (Wildman–Crippen MR) is 91.8 cm³/mol. The lowest BCUT2D eigenvalue weighted by Crippen LogP contribution is -2.54. The number of nitro groups is 1. The number of nitrogens with two attached hydrogens (primary N) is 1. The average molecular weight is 343 g/mol. The molecule has 1 saturated heterocycles. The highest BCUT2D eigenvalue weighted by molar-refractivity contribution is 5.85. The summed E-state index contributed by atoms with van der Waals surface area (Å²) in [7, 11) is 0. The molecule has 2 rings (SSSR count). The monoisotopic (exact) mass is 342 g/mol. The number of rotatable bonds is 4. The SMILES string of the molecule is CC1(C)CN(C(=O)CNc2ccccc2[N+](=O)[O-])CCC1N.Cl. The normalized spacial score (nSPS) is 19.6. The molecule has 1 fully saturated rings. The number of carbonyl (C=O) groups excluding carboxylic acids is 1. The molecular formula is C15H23ClN4O3. The van der Waals surface area contributed by atoms with Crippen LogP contribution in [-0.2, 0) is 4.79 Å². The summed E-state index contributed by atoms with van der Waals surface area (Å²) in [6.07, 6.45) is 0.768. The van der Waals surface area contributed by atoms with Gasteiger partial charge in [-0.2, -0.15) is 0 Å². The van der Waals surface area contributed by atoms with E-state index in [0.717, 1.165) is 6.42 Å². The van der Waals surface area contributed by atoms with E-state index in [4.69, 9.17) is 5.73 Å². The van der Waals surface area contributed by atoms with Crippen LogP contribution in [0.1, 0.15) is 20.3 Å². The van der Waals surface area contributed by atoms with Crippen LogP contribution >= 0.6 is 12.4 Å². The van der Waals surface area contributed by atoms with Crippen LogP contribution in [0.3, 0.4) is 0 Å². The molecule has 0 aliphatic carbocycles. The standard InChI is InChI=1S/C15H22N4O3.ClH/c1-15(2)10-18(8-7-13(15)16)14(20)9-17-11-5-3-4-6-12(11)19(21)22;/h3-6,13,17H,7-10,16H2,1-2H3;1H. The van der Waals surface area contributed by atoms with Gasteiger partial charge in [0.15, 0.2) is 0 Å². The molecule has 1 heterocycles. The van der Waals surface area contributed by atoms with Gasteiger partial charge in [0.1, 0.15) is 5.69 Å². The van der Waals surface area contributed by atoms with Crippen LogP contribution in [0.4, 0.5) is 11.4 Å². The molecule has 0 bridgehead atoms. The zero-order chi connectivity index (χ0) is 16.3. The lowest BCUT2D eigenvalue weighted by Gasteiger charge is -2.42. The third-order valence-corrected chi connectivity index (χ3v) is 4.20. The number of hydrogen-bond acceptors (Lipinski definition) is 5. The Balaban J connectivity index is 0.00000264. The Morgan fingerprint density at radius 2 is 2.13 bits per heavy atom. The highest BCUT2D eigenvalue weighted by Crippen LogP contribution is 2.28. The number of anilines is 1. The average Bonchev–Trinajstić information content (AvgIpc) is 2.47. The first-order valence-electron chi connectivity index (χ1n) is 7.32. The second-order valence-corrected chi connectivity index (χ2v) is 6.33. The molecule has 1 aromatic carbocycles. The largest absolute Gasteiger partial charge is 0.371 e. The van der Waals surface area contributed by atoms with Crippen LogP contribution in [0.5, 0.6) is 0 Å². The first-order chi connectivity index (χ1) is 10.3. The fourth-order valence-electron chi connectivity index (χ4n) is 2.65. The van der Waals surface area contributed by atoms with Crippen molar-refractivity contribution in [2.75, 3.05) is 25.0 Å². The van der Waals surface area contributed by atoms with Crippen molar-refractivity contribution in [3.63, 3.8) is 0 Å². The maximum atomic E-state index is 12.3. The van der Waals surface area contributed by atoms with Crippen LogP contribution < -0.4 is 11.1 Å². The van der Waals surface area contributed by atoms with Crippen LogP contribution in [-0.4, -0.2) is 41.4 Å². The van der Waals surface area contributed by atoms with Gasteiger partial charge in [-0.05, 0) is 17.9 Å². The van der Waals surface area contributed by atoms with Gasteiger partial charge in [0.2, 0.25) is 5.91 Å². The minimum atomic E-state index is -0.462. The molecule has 1 unspecified atom stereocenters. The Labute approximate surface area is 141 Å². The number of piperidine rings is 1. The van der Waals surface area contributed by atoms with Crippen LogP contribution in [0.2, 0.25) is 0 Å². The van der Waals surface area contributed by atoms with Crippen molar-refractivity contribution in [2.45, 2.75) is 26.3 Å². The molecule has 1 aromatic rings. The molecule has 3 N–H and O–H groups in total. The van der Waals surface area contributed by atoms with Gasteiger partial charge >= 0.3 is 0 Å². The zero-order valence-corrected chi connectivity index (χ0v) is 14.1. The number of hydrogen-bond donors (Lipinski definition) is 2. The number of likely N-dealkylation sites (tertiary alicyclic amines) is 1. The van der Waals surface area contributed by atoms with E-state index in [-0.39, 0.29) is 42.0 Å². The van der Waals surface area contributed by atoms with E-state index < -0.39 is 4.92 Å². The van der Waals surface area contributed by atoms with E-state index in [9.17, 15) is 14.9 Å². The molecule has 7 nitrogen and oxygen atoms in total. The summed E-state index contributed by atoms with van der Waals surface area (Å²) in [6, 6.07) is 6.39. The fraction of sp³-hybridized carbons (Fsp3) is 0.533. The molecule has 23 heavy (non-hydrogen) atoms. The van der Waals surface area contributed by atoms with Crippen molar-refractivity contribution in [1.29, 1.82) is 0 Å². The summed E-state index contributed by atoms with van der Waals surface area (Å²) in [4.78, 5) is 24.6. The van der Waals surface area contributed by atoms with E-state index in [1.54, 1.807) is 23.1 Å². The highest BCUT2D eigenvalue weighted by atomic mass is 35.5. The molecule has 128 valence electrons. The number of para-hydroxylation sites is 2. The maximum absolute atomic E-state index is 12.3. The quantitative estimate of drug-likeness (QED) is 0.643. The van der Waals surface area contributed by atoms with Crippen molar-refractivity contribution >= 4 is 29.7 Å². The summed E-state index contributed by atoms with van der Waals surface area (Å²) >= 11 is 0. The first-order valence-corrected chi connectivity index (χ1v) is 7.32. The first kappa shape index (κ1) is 19.2. The van der Waals surface area contributed by atoms with Gasteiger partial charge in [-0.1, -0.05) is 26.0 Å². The molecule has 0 saturated carbocycles. The second kappa shape index (κ2) is 7.61. The van der Waals surface area contributed by atoms with Crippen molar-refractivity contribution in [2.24, 2.45) is 11.1 Å². The molecule has 1 aliphatic heterocycles. The molecule has 0 spiro atoms. The summed E-state index contributed by atoms with van der Waals surface area (Å²) in [5.41, 5.74) is 6.27. The lowest BCUT2D eigenvalue weighted by atomic mass is 9.79. The highest BCUT2D eigenvalue weighted by Gasteiger charge is 2.35. The maximum Gasteiger partial charge on any atom is 0.292 e. The van der Waals surface area contributed by atoms with Gasteiger partial charge in [0.25, 0.3) is 5.69 Å². The van der Waals surface area contributed by atoms with Crippen molar-refractivity contribution < 1.29 is 9.72 Å². The number of nitro benzene ring substituents is 1. The summed E-state index contributed by atoms with van der Waals surface area (Å²) in [6.45, 7) is 5.36. The van der Waals surface area contributed by atoms with Crippen molar-refractivity contribution in [3.8, 4) is 0 Å². The fourth-order valence-corrected chi connectivity index (χ4v) is 2.65. The molecule has 0 aromatic heterocycles. The number of amides is 1. The summed E-state index contributed by atoms with van der Waals surface area (Å²) in [5, 5.41) is 13.8. The topological polar surface area (TPSA) is 102 Å². The Hall–Kier alpha value is -1.86. The molecule has 1 atom stereocenters. The Morgan fingerprint density at radius 1 is 1.48 bits per heavy atom. The zero-order valence-electron chi connectivity index (χ0n) is 13.3. The molecule has 0 radical (unpaired) electrons. The van der Waals surface area contributed by atoms with E-state index >= 15 is 0 Å². The number of halogens is 1. The molecule has 8 heteroatoms. The second-order valence-electron chi connectivity index (χ2n) is 6.33. The Morgan fingerprint density at radius 3 is 2.74 bits per heavy atom. The van der Waals surface area contributed by atoms with Gasteiger partial charge in [0.05, 0.1) is 11.5 Å². The Bertz CT molecular complexity index is 580. The summed E-state index contributed by atoms with van der Waals surface area (Å²) < 4.78 is 0. The third kappa shape index (κ3) is 4.56. The van der Waals surface area contributed by atoms with Crippen LogP contribution in [0, 0.1) is 15.5 Å². The van der Waals surface area contributed by atoms with E-state index in [0.29, 0.717) is 18.8 Å². The van der Waals surface area contributed by atoms with Gasteiger partial charge in [-0.15, -0.1) is 12.4 Å². The number of benzene rings is 1. The third-order valence-electron chi connectivity index (χ3n) is 4.20. The van der Waals surface area contributed by atoms with Gasteiger partial charge in [0, 0.05) is 25.2 Å². The number of carbonyl (C=O) groups is 1. The Kier molecular flexibility index (Phi) is 6.35. The van der Waals surface area contributed by atoms with Crippen molar-refractivity contribution in [1.82, 2.24) is 4.90 Å².